The van der Waals surface area contributed by atoms with Gasteiger partial charge in [0.2, 0.25) is 5.91 Å². The number of aromatic amines is 1. The highest BCUT2D eigenvalue weighted by Crippen LogP contribution is 2.54. The maximum absolute atomic E-state index is 14.3. The molecule has 1 fully saturated rings. The molecule has 0 aliphatic heterocycles. The number of aromatic nitrogens is 3. The molecule has 1 aliphatic carbocycles. The molecule has 3 aromatic rings. The Balaban J connectivity index is 1.85. The molecule has 23 heavy (non-hydrogen) atoms. The van der Waals surface area contributed by atoms with Gasteiger partial charge in [-0.15, -0.1) is 0 Å². The highest BCUT2D eigenvalue weighted by atomic mass is 19.1. The van der Waals surface area contributed by atoms with Gasteiger partial charge in [-0.1, -0.05) is 6.07 Å². The predicted octanol–water partition coefficient (Wildman–Crippen LogP) is 2.40. The fourth-order valence-electron chi connectivity index (χ4n) is 3.67. The maximum atomic E-state index is 14.3. The van der Waals surface area contributed by atoms with E-state index in [1.54, 1.807) is 24.7 Å². The molecule has 116 valence electrons. The van der Waals surface area contributed by atoms with E-state index in [1.165, 1.54) is 6.07 Å². The number of nitrogens with zero attached hydrogens (tertiary/aromatic N) is 2. The maximum Gasteiger partial charge on any atom is 0.228 e. The van der Waals surface area contributed by atoms with Crippen molar-refractivity contribution < 1.29 is 9.18 Å². The number of amides is 1. The number of hydrogen-bond donors (Lipinski definition) is 2. The minimum atomic E-state index is -0.821. The third-order valence-electron chi connectivity index (χ3n) is 4.96. The molecule has 3 N–H and O–H groups in total. The number of carbonyl (C=O) groups is 1. The van der Waals surface area contributed by atoms with Gasteiger partial charge in [-0.25, -0.2) is 4.39 Å². The molecule has 0 bridgehead atoms. The van der Waals surface area contributed by atoms with Crippen LogP contribution in [0.5, 0.6) is 0 Å². The van der Waals surface area contributed by atoms with Crippen molar-refractivity contribution in [3.05, 3.63) is 59.8 Å². The first kappa shape index (κ1) is 13.9. The van der Waals surface area contributed by atoms with Crippen LogP contribution in [0.1, 0.15) is 29.9 Å². The normalized spacial score (nSPS) is 23.6. The zero-order valence-electron chi connectivity index (χ0n) is 12.3. The summed E-state index contributed by atoms with van der Waals surface area (Å²) < 4.78 is 14.3. The largest absolute Gasteiger partial charge is 0.369 e. The highest BCUT2D eigenvalue weighted by Gasteiger charge is 2.53. The van der Waals surface area contributed by atoms with Gasteiger partial charge in [0.15, 0.2) is 0 Å². The molecule has 2 aromatic heterocycles. The van der Waals surface area contributed by atoms with Gasteiger partial charge >= 0.3 is 0 Å². The van der Waals surface area contributed by atoms with Crippen molar-refractivity contribution in [3.63, 3.8) is 0 Å². The van der Waals surface area contributed by atoms with E-state index in [4.69, 9.17) is 5.73 Å². The Morgan fingerprint density at radius 2 is 2.26 bits per heavy atom. The number of hydrogen-bond acceptors (Lipinski definition) is 3. The third kappa shape index (κ3) is 1.87. The van der Waals surface area contributed by atoms with Gasteiger partial charge in [0.25, 0.3) is 0 Å². The van der Waals surface area contributed by atoms with Crippen LogP contribution in [0.2, 0.25) is 0 Å². The first-order chi connectivity index (χ1) is 11.1. The summed E-state index contributed by atoms with van der Waals surface area (Å²) in [7, 11) is 0. The topological polar surface area (TPSA) is 84.7 Å². The van der Waals surface area contributed by atoms with E-state index >= 15 is 0 Å². The molecule has 2 atom stereocenters. The second kappa shape index (κ2) is 4.87. The number of benzene rings is 1. The molecule has 4 rings (SSSR count). The highest BCUT2D eigenvalue weighted by molar-refractivity contribution is 5.90. The molecule has 0 spiro atoms. The number of halogens is 1. The summed E-state index contributed by atoms with van der Waals surface area (Å²) in [5, 5.41) is 7.20. The van der Waals surface area contributed by atoms with E-state index in [0.29, 0.717) is 17.3 Å². The van der Waals surface area contributed by atoms with Crippen LogP contribution in [-0.4, -0.2) is 21.1 Å². The summed E-state index contributed by atoms with van der Waals surface area (Å²) >= 11 is 0. The van der Waals surface area contributed by atoms with Crippen molar-refractivity contribution in [2.24, 2.45) is 5.73 Å². The van der Waals surface area contributed by atoms with Crippen LogP contribution >= 0.6 is 0 Å². The van der Waals surface area contributed by atoms with Crippen molar-refractivity contribution in [2.75, 3.05) is 0 Å². The molecule has 1 saturated carbocycles. The summed E-state index contributed by atoms with van der Waals surface area (Å²) in [4.78, 5) is 16.4. The monoisotopic (exact) mass is 310 g/mol. The molecule has 1 aliphatic rings. The molecule has 1 amide bonds. The second-order valence-electron chi connectivity index (χ2n) is 6.01. The lowest BCUT2D eigenvalue weighted by atomic mass is 9.54. The van der Waals surface area contributed by atoms with Crippen LogP contribution in [0.25, 0.3) is 10.9 Å². The Labute approximate surface area is 131 Å². The number of H-pyrrole nitrogens is 1. The van der Waals surface area contributed by atoms with Crippen molar-refractivity contribution >= 4 is 16.8 Å². The Hall–Kier alpha value is -2.76. The molecule has 1 aromatic carbocycles. The molecule has 0 saturated heterocycles. The van der Waals surface area contributed by atoms with Crippen LogP contribution in [-0.2, 0) is 10.2 Å². The fourth-order valence-corrected chi connectivity index (χ4v) is 3.67. The van der Waals surface area contributed by atoms with Gasteiger partial charge in [-0.3, -0.25) is 14.9 Å². The zero-order valence-corrected chi connectivity index (χ0v) is 12.3. The number of nitrogens with two attached hydrogens (primary N) is 1. The lowest BCUT2D eigenvalue weighted by Crippen LogP contribution is -2.52. The number of nitrogens with one attached hydrogen (secondary N) is 1. The zero-order chi connectivity index (χ0) is 16.0. The molecule has 2 heterocycles. The molecule has 2 unspecified atom stereocenters. The van der Waals surface area contributed by atoms with Crippen molar-refractivity contribution in [2.45, 2.75) is 24.2 Å². The minimum Gasteiger partial charge on any atom is -0.369 e. The summed E-state index contributed by atoms with van der Waals surface area (Å²) in [6.07, 6.45) is 6.33. The number of pyridine rings is 1. The first-order valence-corrected chi connectivity index (χ1v) is 7.46. The lowest BCUT2D eigenvalue weighted by Gasteiger charge is -2.47. The summed E-state index contributed by atoms with van der Waals surface area (Å²) in [6.45, 7) is 0. The van der Waals surface area contributed by atoms with Gasteiger partial charge < -0.3 is 5.73 Å². The van der Waals surface area contributed by atoms with Gasteiger partial charge in [-0.05, 0) is 42.2 Å². The number of fused-ring (bicyclic) bond motifs is 1. The average Bonchev–Trinajstić information content (AvgIpc) is 2.96. The molecule has 0 radical (unpaired) electrons. The molecular weight excluding hydrogens is 295 g/mol. The summed E-state index contributed by atoms with van der Waals surface area (Å²) in [5.74, 6) is -0.918. The second-order valence-corrected chi connectivity index (χ2v) is 6.01. The lowest BCUT2D eigenvalue weighted by molar-refractivity contribution is -0.127. The average molecular weight is 310 g/mol. The minimum absolute atomic E-state index is 0.155. The van der Waals surface area contributed by atoms with E-state index in [9.17, 15) is 9.18 Å². The van der Waals surface area contributed by atoms with E-state index in [0.717, 1.165) is 17.5 Å². The smallest absolute Gasteiger partial charge is 0.228 e. The van der Waals surface area contributed by atoms with E-state index in [1.807, 2.05) is 12.1 Å². The Morgan fingerprint density at radius 1 is 1.39 bits per heavy atom. The van der Waals surface area contributed by atoms with E-state index in [2.05, 4.69) is 15.2 Å². The van der Waals surface area contributed by atoms with Crippen LogP contribution < -0.4 is 5.73 Å². The number of rotatable bonds is 3. The SMILES string of the molecule is NC(=O)C1(c2cccnc2)CCC1c1cc(F)c2[nH]ncc2c1. The Kier molecular flexibility index (Phi) is 2.94. The van der Waals surface area contributed by atoms with E-state index in [-0.39, 0.29) is 11.7 Å². The Bertz CT molecular complexity index is 892. The summed E-state index contributed by atoms with van der Waals surface area (Å²) in [5.41, 5.74) is 6.85. The van der Waals surface area contributed by atoms with Crippen LogP contribution in [0.4, 0.5) is 4.39 Å². The molecule has 5 nitrogen and oxygen atoms in total. The number of carbonyl (C=O) groups excluding carboxylic acids is 1. The fraction of sp³-hybridized carbons (Fsp3) is 0.235. The van der Waals surface area contributed by atoms with Crippen LogP contribution in [0.15, 0.2) is 42.9 Å². The van der Waals surface area contributed by atoms with Crippen LogP contribution in [0.3, 0.4) is 0 Å². The van der Waals surface area contributed by atoms with Crippen molar-refractivity contribution in [1.29, 1.82) is 0 Å². The van der Waals surface area contributed by atoms with Gasteiger partial charge in [0, 0.05) is 23.7 Å². The third-order valence-corrected chi connectivity index (χ3v) is 4.96. The van der Waals surface area contributed by atoms with Crippen molar-refractivity contribution in [3.8, 4) is 0 Å². The Morgan fingerprint density at radius 3 is 2.91 bits per heavy atom. The first-order valence-electron chi connectivity index (χ1n) is 7.46. The standard InChI is InChI=1S/C17H15FN4O/c18-14-7-10(6-11-8-21-22-15(11)14)13-3-4-17(13,16(19)23)12-2-1-5-20-9-12/h1-2,5-9,13H,3-4H2,(H2,19,23)(H,21,22). The van der Waals surface area contributed by atoms with E-state index < -0.39 is 11.3 Å². The molecule has 6 heteroatoms. The van der Waals surface area contributed by atoms with Crippen molar-refractivity contribution in [1.82, 2.24) is 15.2 Å². The quantitative estimate of drug-likeness (QED) is 0.779. The van der Waals surface area contributed by atoms with Gasteiger partial charge in [0.05, 0.1) is 11.6 Å². The van der Waals surface area contributed by atoms with Gasteiger partial charge in [0.1, 0.15) is 11.3 Å². The molecular formula is C17H15FN4O. The number of primary amides is 1. The predicted molar refractivity (Wildman–Crippen MR) is 83.1 cm³/mol. The summed E-state index contributed by atoms with van der Waals surface area (Å²) in [6, 6.07) is 6.99. The van der Waals surface area contributed by atoms with Crippen LogP contribution in [0, 0.1) is 5.82 Å². The van der Waals surface area contributed by atoms with Gasteiger partial charge in [-0.2, -0.15) is 5.10 Å².